The first-order valence-electron chi connectivity index (χ1n) is 5.88. The van der Waals surface area contributed by atoms with E-state index in [-0.39, 0.29) is 6.54 Å². The van der Waals surface area contributed by atoms with Gasteiger partial charge < -0.3 is 20.2 Å². The van der Waals surface area contributed by atoms with Crippen molar-refractivity contribution in [1.29, 1.82) is 0 Å². The van der Waals surface area contributed by atoms with Gasteiger partial charge in [-0.25, -0.2) is 14.6 Å². The summed E-state index contributed by atoms with van der Waals surface area (Å²) in [5, 5.41) is 14.0. The Labute approximate surface area is 111 Å². The minimum absolute atomic E-state index is 0.107. The number of aryl methyl sites for hydroxylation is 1. The van der Waals surface area contributed by atoms with Crippen molar-refractivity contribution in [3.8, 4) is 0 Å². The number of hydrogen-bond acceptors (Lipinski definition) is 4. The van der Waals surface area contributed by atoms with E-state index in [9.17, 15) is 9.59 Å². The van der Waals surface area contributed by atoms with Crippen LogP contribution in [0.4, 0.5) is 4.79 Å². The zero-order chi connectivity index (χ0) is 14.6. The van der Waals surface area contributed by atoms with Crippen LogP contribution >= 0.6 is 0 Å². The van der Waals surface area contributed by atoms with Crippen LogP contribution < -0.4 is 10.6 Å². The Hall–Kier alpha value is -2.05. The Kier molecular flexibility index (Phi) is 4.52. The number of nitrogens with one attached hydrogen (secondary N) is 2. The number of rotatable bonds is 4. The molecule has 1 unspecified atom stereocenters. The molecular weight excluding hydrogens is 250 g/mol. The normalized spacial score (nSPS) is 12.8. The fourth-order valence-electron chi connectivity index (χ4n) is 1.47. The van der Waals surface area contributed by atoms with Gasteiger partial charge in [0.1, 0.15) is 11.8 Å². The maximum Gasteiger partial charge on any atom is 0.326 e. The lowest BCUT2D eigenvalue weighted by molar-refractivity contribution is -0.141. The first kappa shape index (κ1) is 15.0. The van der Waals surface area contributed by atoms with Crippen LogP contribution in [0.2, 0.25) is 0 Å². The molecular formula is C12H19N3O4. The van der Waals surface area contributed by atoms with Crippen molar-refractivity contribution in [2.75, 3.05) is 0 Å². The van der Waals surface area contributed by atoms with E-state index in [0.717, 1.165) is 0 Å². The van der Waals surface area contributed by atoms with Crippen molar-refractivity contribution < 1.29 is 19.1 Å². The predicted molar refractivity (Wildman–Crippen MR) is 67.5 cm³/mol. The van der Waals surface area contributed by atoms with E-state index in [2.05, 4.69) is 15.6 Å². The molecule has 1 atom stereocenters. The molecule has 0 spiro atoms. The molecule has 7 heteroatoms. The van der Waals surface area contributed by atoms with Crippen molar-refractivity contribution in [2.24, 2.45) is 5.41 Å². The maximum atomic E-state index is 11.6. The number of carbonyl (C=O) groups excluding carboxylic acids is 1. The van der Waals surface area contributed by atoms with Crippen molar-refractivity contribution >= 4 is 12.0 Å². The second-order valence-electron chi connectivity index (χ2n) is 5.33. The zero-order valence-corrected chi connectivity index (χ0v) is 11.5. The third-order valence-electron chi connectivity index (χ3n) is 2.46. The molecule has 0 aliphatic carbocycles. The standard InChI is InChI=1S/C12H19N3O4/c1-7-5-13-8(19-7)6-14-11(18)15-9(10(16)17)12(2,3)4/h5,9H,6H2,1-4H3,(H,16,17)(H2,14,15,18). The number of oxazole rings is 1. The molecule has 0 aromatic carbocycles. The van der Waals surface area contributed by atoms with Crippen molar-refractivity contribution in [2.45, 2.75) is 40.3 Å². The van der Waals surface area contributed by atoms with Gasteiger partial charge in [-0.3, -0.25) is 0 Å². The van der Waals surface area contributed by atoms with E-state index in [1.807, 2.05) is 0 Å². The maximum absolute atomic E-state index is 11.6. The molecule has 0 bridgehead atoms. The average Bonchev–Trinajstić information content (AvgIpc) is 2.67. The van der Waals surface area contributed by atoms with Crippen molar-refractivity contribution in [3.63, 3.8) is 0 Å². The van der Waals surface area contributed by atoms with Gasteiger partial charge in [0.25, 0.3) is 0 Å². The van der Waals surface area contributed by atoms with Gasteiger partial charge in [0.05, 0.1) is 12.7 Å². The second kappa shape index (κ2) is 5.73. The van der Waals surface area contributed by atoms with E-state index in [1.165, 1.54) is 0 Å². The summed E-state index contributed by atoms with van der Waals surface area (Å²) in [6.45, 7) is 7.07. The largest absolute Gasteiger partial charge is 0.480 e. The highest BCUT2D eigenvalue weighted by molar-refractivity contribution is 5.83. The number of amides is 2. The van der Waals surface area contributed by atoms with E-state index >= 15 is 0 Å². The van der Waals surface area contributed by atoms with Crippen LogP contribution in [0.15, 0.2) is 10.6 Å². The lowest BCUT2D eigenvalue weighted by atomic mass is 9.87. The van der Waals surface area contributed by atoms with E-state index < -0.39 is 23.5 Å². The summed E-state index contributed by atoms with van der Waals surface area (Å²) in [7, 11) is 0. The highest BCUT2D eigenvalue weighted by Gasteiger charge is 2.32. The lowest BCUT2D eigenvalue weighted by Gasteiger charge is -2.27. The number of hydrogen-bond donors (Lipinski definition) is 3. The SMILES string of the molecule is Cc1cnc(CNC(=O)NC(C(=O)O)C(C)(C)C)o1. The number of carbonyl (C=O) groups is 2. The highest BCUT2D eigenvalue weighted by atomic mass is 16.4. The van der Waals surface area contributed by atoms with Crippen LogP contribution in [-0.4, -0.2) is 28.1 Å². The molecule has 106 valence electrons. The van der Waals surface area contributed by atoms with Crippen LogP contribution in [-0.2, 0) is 11.3 Å². The van der Waals surface area contributed by atoms with Gasteiger partial charge in [-0.1, -0.05) is 20.8 Å². The van der Waals surface area contributed by atoms with Crippen LogP contribution in [0.5, 0.6) is 0 Å². The molecule has 1 aromatic rings. The Balaban J connectivity index is 2.52. The first-order valence-corrected chi connectivity index (χ1v) is 5.88. The number of urea groups is 1. The molecule has 0 fully saturated rings. The van der Waals surface area contributed by atoms with Gasteiger partial charge in [-0.2, -0.15) is 0 Å². The van der Waals surface area contributed by atoms with Gasteiger partial charge in [0.15, 0.2) is 0 Å². The molecule has 19 heavy (non-hydrogen) atoms. The summed E-state index contributed by atoms with van der Waals surface area (Å²) in [6.07, 6.45) is 1.55. The minimum atomic E-state index is -1.07. The fourth-order valence-corrected chi connectivity index (χ4v) is 1.47. The third-order valence-corrected chi connectivity index (χ3v) is 2.46. The molecule has 1 heterocycles. The summed E-state index contributed by atoms with van der Waals surface area (Å²) in [5.41, 5.74) is -0.581. The number of aromatic nitrogens is 1. The Bertz CT molecular complexity index is 462. The topological polar surface area (TPSA) is 104 Å². The Morgan fingerprint density at radius 2 is 2.11 bits per heavy atom. The zero-order valence-electron chi connectivity index (χ0n) is 11.5. The summed E-state index contributed by atoms with van der Waals surface area (Å²) >= 11 is 0. The summed E-state index contributed by atoms with van der Waals surface area (Å²) in [6, 6.07) is -1.54. The highest BCUT2D eigenvalue weighted by Crippen LogP contribution is 2.19. The van der Waals surface area contributed by atoms with Gasteiger partial charge in [-0.05, 0) is 12.3 Å². The molecule has 1 rings (SSSR count). The van der Waals surface area contributed by atoms with Gasteiger partial charge >= 0.3 is 12.0 Å². The van der Waals surface area contributed by atoms with Crippen molar-refractivity contribution in [1.82, 2.24) is 15.6 Å². The monoisotopic (exact) mass is 269 g/mol. The van der Waals surface area contributed by atoms with Crippen LogP contribution in [0.1, 0.15) is 32.4 Å². The molecule has 3 N–H and O–H groups in total. The molecule has 0 aliphatic heterocycles. The molecule has 1 aromatic heterocycles. The molecule has 0 radical (unpaired) electrons. The molecule has 2 amide bonds. The number of carboxylic acids is 1. The molecule has 0 saturated heterocycles. The van der Waals surface area contributed by atoms with Crippen LogP contribution in [0.3, 0.4) is 0 Å². The van der Waals surface area contributed by atoms with Crippen LogP contribution in [0.25, 0.3) is 0 Å². The Morgan fingerprint density at radius 1 is 1.47 bits per heavy atom. The van der Waals surface area contributed by atoms with Gasteiger partial charge in [0.2, 0.25) is 5.89 Å². The van der Waals surface area contributed by atoms with E-state index in [1.54, 1.807) is 33.9 Å². The number of carboxylic acid groups (broad SMARTS) is 1. The summed E-state index contributed by atoms with van der Waals surface area (Å²) in [4.78, 5) is 26.6. The van der Waals surface area contributed by atoms with Crippen LogP contribution in [0, 0.1) is 12.3 Å². The Morgan fingerprint density at radius 3 is 2.53 bits per heavy atom. The first-order chi connectivity index (χ1) is 8.70. The minimum Gasteiger partial charge on any atom is -0.480 e. The number of nitrogens with zero attached hydrogens (tertiary/aromatic N) is 1. The van der Waals surface area contributed by atoms with Gasteiger partial charge in [-0.15, -0.1) is 0 Å². The lowest BCUT2D eigenvalue weighted by Crippen LogP contribution is -2.52. The predicted octanol–water partition coefficient (Wildman–Crippen LogP) is 1.28. The second-order valence-corrected chi connectivity index (χ2v) is 5.33. The quantitative estimate of drug-likeness (QED) is 0.763. The summed E-state index contributed by atoms with van der Waals surface area (Å²) < 4.78 is 5.18. The number of aliphatic carboxylic acids is 1. The van der Waals surface area contributed by atoms with E-state index in [0.29, 0.717) is 11.7 Å². The van der Waals surface area contributed by atoms with E-state index in [4.69, 9.17) is 9.52 Å². The summed E-state index contributed by atoms with van der Waals surface area (Å²) in [5.74, 6) is -0.0554. The molecule has 0 saturated carbocycles. The molecule has 7 nitrogen and oxygen atoms in total. The molecule has 0 aliphatic rings. The average molecular weight is 269 g/mol. The van der Waals surface area contributed by atoms with Crippen molar-refractivity contribution in [3.05, 3.63) is 17.8 Å². The fraction of sp³-hybridized carbons (Fsp3) is 0.583. The third kappa shape index (κ3) is 4.61. The smallest absolute Gasteiger partial charge is 0.326 e. The van der Waals surface area contributed by atoms with Gasteiger partial charge in [0, 0.05) is 0 Å².